The highest BCUT2D eigenvalue weighted by Crippen LogP contribution is 2.28. The largest absolute Gasteiger partial charge is 0.356 e. The molecule has 5 nitrogen and oxygen atoms in total. The number of carbonyl (C=O) groups is 1. The van der Waals surface area contributed by atoms with Gasteiger partial charge in [-0.1, -0.05) is 43.6 Å². The van der Waals surface area contributed by atoms with Gasteiger partial charge in [0.15, 0.2) is 5.96 Å². The van der Waals surface area contributed by atoms with Crippen molar-refractivity contribution >= 4 is 47.4 Å². The Kier molecular flexibility index (Phi) is 9.79. The van der Waals surface area contributed by atoms with Crippen molar-refractivity contribution in [1.29, 1.82) is 0 Å². The highest BCUT2D eigenvalue weighted by molar-refractivity contribution is 14.0. The van der Waals surface area contributed by atoms with E-state index in [0.29, 0.717) is 12.5 Å². The van der Waals surface area contributed by atoms with E-state index in [-0.39, 0.29) is 47.4 Å². The number of hydrogen-bond donors (Lipinski definition) is 3. The summed E-state index contributed by atoms with van der Waals surface area (Å²) in [6, 6.07) is 7.82. The van der Waals surface area contributed by atoms with Gasteiger partial charge in [-0.25, -0.2) is 0 Å². The topological polar surface area (TPSA) is 65.5 Å². The van der Waals surface area contributed by atoms with Crippen molar-refractivity contribution < 1.29 is 4.79 Å². The number of rotatable bonds is 5. The lowest BCUT2D eigenvalue weighted by molar-refractivity contribution is -0.121. The Hall–Kier alpha value is -1.02. The maximum Gasteiger partial charge on any atom is 0.239 e. The molecular formula is C18H30ClIN4O. The van der Waals surface area contributed by atoms with Crippen molar-refractivity contribution in [3.05, 3.63) is 34.9 Å². The van der Waals surface area contributed by atoms with Gasteiger partial charge in [0.25, 0.3) is 0 Å². The lowest BCUT2D eigenvalue weighted by Gasteiger charge is -2.28. The SMILES string of the molecule is CN=C(NCC(=O)NC(C)(C)C)NCC(C)(C)c1ccccc1Cl.I. The first kappa shape index (κ1) is 24.0. The molecule has 0 unspecified atom stereocenters. The van der Waals surface area contributed by atoms with Gasteiger partial charge in [0, 0.05) is 29.6 Å². The molecule has 0 aromatic heterocycles. The lowest BCUT2D eigenvalue weighted by atomic mass is 9.84. The molecule has 0 heterocycles. The number of carbonyl (C=O) groups excluding carboxylic acids is 1. The van der Waals surface area contributed by atoms with Crippen molar-refractivity contribution in [3.8, 4) is 0 Å². The zero-order valence-corrected chi connectivity index (χ0v) is 19.0. The molecular weight excluding hydrogens is 451 g/mol. The predicted octanol–water partition coefficient (Wildman–Crippen LogP) is 3.32. The van der Waals surface area contributed by atoms with Crippen molar-refractivity contribution in [3.63, 3.8) is 0 Å². The van der Waals surface area contributed by atoms with Gasteiger partial charge in [-0.2, -0.15) is 0 Å². The zero-order chi connectivity index (χ0) is 18.4. The van der Waals surface area contributed by atoms with Crippen molar-refractivity contribution in [2.45, 2.75) is 45.6 Å². The number of nitrogens with zero attached hydrogens (tertiary/aromatic N) is 1. The second kappa shape index (κ2) is 10.2. The lowest BCUT2D eigenvalue weighted by Crippen LogP contribution is -2.49. The van der Waals surface area contributed by atoms with Crippen LogP contribution in [0.25, 0.3) is 0 Å². The Morgan fingerprint density at radius 2 is 1.72 bits per heavy atom. The average molecular weight is 481 g/mol. The minimum absolute atomic E-state index is 0. The number of hydrogen-bond acceptors (Lipinski definition) is 2. The monoisotopic (exact) mass is 480 g/mol. The summed E-state index contributed by atoms with van der Waals surface area (Å²) in [4.78, 5) is 16.0. The van der Waals surface area contributed by atoms with Gasteiger partial charge >= 0.3 is 0 Å². The van der Waals surface area contributed by atoms with Gasteiger partial charge in [-0.05, 0) is 32.4 Å². The molecule has 1 aromatic carbocycles. The summed E-state index contributed by atoms with van der Waals surface area (Å²) in [5.41, 5.74) is 0.644. The third kappa shape index (κ3) is 8.76. The fourth-order valence-corrected chi connectivity index (χ4v) is 2.65. The number of halogens is 2. The molecule has 3 N–H and O–H groups in total. The molecule has 0 bridgehead atoms. The quantitative estimate of drug-likeness (QED) is 0.344. The van der Waals surface area contributed by atoms with Crippen LogP contribution in [0.2, 0.25) is 5.02 Å². The van der Waals surface area contributed by atoms with E-state index in [1.54, 1.807) is 7.05 Å². The first-order valence-corrected chi connectivity index (χ1v) is 8.43. The molecule has 0 aliphatic heterocycles. The molecule has 0 spiro atoms. The Labute approximate surface area is 173 Å². The molecule has 0 aliphatic rings. The van der Waals surface area contributed by atoms with Crippen LogP contribution in [-0.2, 0) is 10.2 Å². The number of benzene rings is 1. The molecule has 142 valence electrons. The number of guanidine groups is 1. The molecule has 25 heavy (non-hydrogen) atoms. The van der Waals surface area contributed by atoms with Gasteiger partial charge < -0.3 is 16.0 Å². The third-order valence-electron chi connectivity index (χ3n) is 3.46. The van der Waals surface area contributed by atoms with Gasteiger partial charge in [-0.3, -0.25) is 9.79 Å². The minimum Gasteiger partial charge on any atom is -0.356 e. The summed E-state index contributed by atoms with van der Waals surface area (Å²) in [6.45, 7) is 10.9. The number of amides is 1. The van der Waals surface area contributed by atoms with E-state index >= 15 is 0 Å². The normalized spacial score (nSPS) is 12.2. The fourth-order valence-electron chi connectivity index (χ4n) is 2.26. The second-order valence-corrected chi connectivity index (χ2v) is 7.85. The van der Waals surface area contributed by atoms with Crippen LogP contribution < -0.4 is 16.0 Å². The molecule has 1 aromatic rings. The van der Waals surface area contributed by atoms with Crippen LogP contribution in [0.1, 0.15) is 40.2 Å². The summed E-state index contributed by atoms with van der Waals surface area (Å²) >= 11 is 6.30. The Morgan fingerprint density at radius 1 is 1.12 bits per heavy atom. The zero-order valence-electron chi connectivity index (χ0n) is 15.9. The van der Waals surface area contributed by atoms with E-state index in [9.17, 15) is 4.79 Å². The maximum atomic E-state index is 11.9. The minimum atomic E-state index is -0.248. The van der Waals surface area contributed by atoms with E-state index in [1.807, 2.05) is 45.0 Å². The highest BCUT2D eigenvalue weighted by Gasteiger charge is 2.23. The van der Waals surface area contributed by atoms with Gasteiger partial charge in [-0.15, -0.1) is 24.0 Å². The van der Waals surface area contributed by atoms with Crippen LogP contribution in [0.15, 0.2) is 29.3 Å². The first-order valence-electron chi connectivity index (χ1n) is 8.06. The van der Waals surface area contributed by atoms with Crippen LogP contribution in [0.5, 0.6) is 0 Å². The predicted molar refractivity (Wildman–Crippen MR) is 117 cm³/mol. The Bertz CT molecular complexity index is 597. The van der Waals surface area contributed by atoms with Crippen LogP contribution >= 0.6 is 35.6 Å². The van der Waals surface area contributed by atoms with Crippen LogP contribution in [0.4, 0.5) is 0 Å². The molecule has 1 rings (SSSR count). The van der Waals surface area contributed by atoms with E-state index in [0.717, 1.165) is 10.6 Å². The second-order valence-electron chi connectivity index (χ2n) is 7.44. The molecule has 0 fully saturated rings. The smallest absolute Gasteiger partial charge is 0.239 e. The molecule has 0 radical (unpaired) electrons. The molecule has 0 saturated carbocycles. The molecule has 1 amide bonds. The van der Waals surface area contributed by atoms with E-state index in [4.69, 9.17) is 11.6 Å². The van der Waals surface area contributed by atoms with Crippen LogP contribution in [0, 0.1) is 0 Å². The number of nitrogens with one attached hydrogen (secondary N) is 3. The van der Waals surface area contributed by atoms with E-state index in [2.05, 4.69) is 34.8 Å². The maximum absolute atomic E-state index is 11.9. The third-order valence-corrected chi connectivity index (χ3v) is 3.78. The van der Waals surface area contributed by atoms with E-state index in [1.165, 1.54) is 0 Å². The molecule has 0 saturated heterocycles. The summed E-state index contributed by atoms with van der Waals surface area (Å²) in [5, 5.41) is 9.93. The summed E-state index contributed by atoms with van der Waals surface area (Å²) in [6.07, 6.45) is 0. The van der Waals surface area contributed by atoms with Crippen LogP contribution in [0.3, 0.4) is 0 Å². The Balaban J connectivity index is 0.00000576. The summed E-state index contributed by atoms with van der Waals surface area (Å²) < 4.78 is 0. The van der Waals surface area contributed by atoms with Gasteiger partial charge in [0.2, 0.25) is 5.91 Å². The molecule has 7 heteroatoms. The van der Waals surface area contributed by atoms with Gasteiger partial charge in [0.05, 0.1) is 6.54 Å². The molecule has 0 atom stereocenters. The molecule has 0 aliphatic carbocycles. The van der Waals surface area contributed by atoms with Gasteiger partial charge in [0.1, 0.15) is 0 Å². The van der Waals surface area contributed by atoms with Crippen molar-refractivity contribution in [2.24, 2.45) is 4.99 Å². The Morgan fingerprint density at radius 3 is 2.24 bits per heavy atom. The standard InChI is InChI=1S/C18H29ClN4O.HI/c1-17(2,3)23-15(24)11-21-16(20-6)22-12-18(4,5)13-9-7-8-10-14(13)19;/h7-10H,11-12H2,1-6H3,(H,23,24)(H2,20,21,22);1H. The van der Waals surface area contributed by atoms with Crippen molar-refractivity contribution in [2.75, 3.05) is 20.1 Å². The average Bonchev–Trinajstić information content (AvgIpc) is 2.45. The fraction of sp³-hybridized carbons (Fsp3) is 0.556. The van der Waals surface area contributed by atoms with Crippen LogP contribution in [-0.4, -0.2) is 37.5 Å². The highest BCUT2D eigenvalue weighted by atomic mass is 127. The first-order chi connectivity index (χ1) is 11.0. The van der Waals surface area contributed by atoms with E-state index < -0.39 is 0 Å². The summed E-state index contributed by atoms with van der Waals surface area (Å²) in [5.74, 6) is 0.509. The number of aliphatic imine (C=N–C) groups is 1. The summed E-state index contributed by atoms with van der Waals surface area (Å²) in [7, 11) is 1.68. The van der Waals surface area contributed by atoms with Crippen molar-refractivity contribution in [1.82, 2.24) is 16.0 Å².